The molecule has 0 bridgehead atoms. The van der Waals surface area contributed by atoms with Gasteiger partial charge in [0.15, 0.2) is 0 Å². The number of rotatable bonds is 6. The lowest BCUT2D eigenvalue weighted by molar-refractivity contribution is 0.0955. The minimum Gasteiger partial charge on any atom is -0.488 e. The van der Waals surface area contributed by atoms with Crippen LogP contribution in [0.4, 0.5) is 0 Å². The number of benzene rings is 4. The Morgan fingerprint density at radius 3 is 2.65 bits per heavy atom. The molecule has 0 spiro atoms. The van der Waals surface area contributed by atoms with Gasteiger partial charge in [0.25, 0.3) is 5.91 Å². The molecule has 4 nitrogen and oxygen atoms in total. The number of fused-ring (bicyclic) bond motifs is 1. The Bertz CT molecular complexity index is 1270. The van der Waals surface area contributed by atoms with Crippen molar-refractivity contribution in [3.63, 3.8) is 0 Å². The Hall–Kier alpha value is -3.15. The lowest BCUT2D eigenvalue weighted by Gasteiger charge is -2.11. The van der Waals surface area contributed by atoms with Gasteiger partial charge in [-0.15, -0.1) is 0 Å². The van der Waals surface area contributed by atoms with Crippen LogP contribution in [0.3, 0.4) is 0 Å². The Balaban J connectivity index is 1.40. The average Bonchev–Trinajstić information content (AvgIpc) is 2.78. The Morgan fingerprint density at radius 2 is 1.81 bits per heavy atom. The Kier molecular flexibility index (Phi) is 6.65. The van der Waals surface area contributed by atoms with Gasteiger partial charge >= 0.3 is 0 Å². The molecule has 1 N–H and O–H groups in total. The first kappa shape index (κ1) is 21.1. The van der Waals surface area contributed by atoms with E-state index < -0.39 is 0 Å². The summed E-state index contributed by atoms with van der Waals surface area (Å²) in [5.74, 6) is 0.404. The second kappa shape index (κ2) is 9.77. The number of ether oxygens (including phenoxy) is 1. The zero-order chi connectivity index (χ0) is 21.6. The minimum atomic E-state index is -0.326. The molecule has 0 heterocycles. The predicted molar refractivity (Wildman–Crippen MR) is 129 cm³/mol. The summed E-state index contributed by atoms with van der Waals surface area (Å²) < 4.78 is 6.83. The fourth-order valence-corrected chi connectivity index (χ4v) is 3.85. The van der Waals surface area contributed by atoms with E-state index in [0.29, 0.717) is 17.2 Å². The minimum absolute atomic E-state index is 0.326. The molecule has 0 aliphatic heterocycles. The van der Waals surface area contributed by atoms with E-state index in [1.165, 1.54) is 10.8 Å². The third-order valence-electron chi connectivity index (χ3n) is 4.69. The topological polar surface area (TPSA) is 50.7 Å². The van der Waals surface area contributed by atoms with E-state index in [2.05, 4.69) is 50.7 Å². The Labute approximate surface area is 193 Å². The number of carbonyl (C=O) groups is 1. The van der Waals surface area contributed by atoms with Crippen molar-refractivity contribution in [3.8, 4) is 5.75 Å². The molecule has 0 radical (unpaired) electrons. The van der Waals surface area contributed by atoms with Gasteiger partial charge in [0.1, 0.15) is 12.4 Å². The number of halogens is 2. The number of hydrogen-bond donors (Lipinski definition) is 1. The number of nitrogens with one attached hydrogen (secondary N) is 1. The fourth-order valence-electron chi connectivity index (χ4n) is 3.15. The van der Waals surface area contributed by atoms with Gasteiger partial charge in [0.2, 0.25) is 0 Å². The van der Waals surface area contributed by atoms with E-state index in [1.54, 1.807) is 30.5 Å². The molecule has 0 atom stereocenters. The third-order valence-corrected chi connectivity index (χ3v) is 5.54. The van der Waals surface area contributed by atoms with Crippen molar-refractivity contribution in [1.82, 2.24) is 5.43 Å². The largest absolute Gasteiger partial charge is 0.488 e. The summed E-state index contributed by atoms with van der Waals surface area (Å²) in [6, 6.07) is 26.8. The predicted octanol–water partition coefficient (Wildman–Crippen LogP) is 6.60. The maximum absolute atomic E-state index is 12.1. The summed E-state index contributed by atoms with van der Waals surface area (Å²) >= 11 is 9.46. The number of carbonyl (C=O) groups excluding carboxylic acids is 1. The van der Waals surface area contributed by atoms with Gasteiger partial charge in [-0.05, 0) is 74.2 Å². The third kappa shape index (κ3) is 5.32. The molecule has 6 heteroatoms. The van der Waals surface area contributed by atoms with Gasteiger partial charge in [-0.2, -0.15) is 5.10 Å². The van der Waals surface area contributed by atoms with Crippen molar-refractivity contribution in [2.75, 3.05) is 0 Å². The number of amides is 1. The van der Waals surface area contributed by atoms with Gasteiger partial charge in [-0.25, -0.2) is 5.43 Å². The maximum atomic E-state index is 12.1. The van der Waals surface area contributed by atoms with Crippen LogP contribution in [-0.4, -0.2) is 12.1 Å². The molecular weight excluding hydrogens is 476 g/mol. The van der Waals surface area contributed by atoms with E-state index in [-0.39, 0.29) is 5.91 Å². The van der Waals surface area contributed by atoms with Crippen LogP contribution in [0.2, 0.25) is 5.02 Å². The molecule has 1 amide bonds. The summed E-state index contributed by atoms with van der Waals surface area (Å²) in [7, 11) is 0. The summed E-state index contributed by atoms with van der Waals surface area (Å²) in [6.07, 6.45) is 1.57. The molecule has 31 heavy (non-hydrogen) atoms. The zero-order valence-corrected chi connectivity index (χ0v) is 18.7. The quantitative estimate of drug-likeness (QED) is 0.243. The highest BCUT2D eigenvalue weighted by Gasteiger charge is 2.06. The maximum Gasteiger partial charge on any atom is 0.271 e. The molecule has 0 saturated carbocycles. The zero-order valence-electron chi connectivity index (χ0n) is 16.4. The molecule has 0 fully saturated rings. The normalized spacial score (nSPS) is 11.0. The molecule has 4 aromatic rings. The molecular formula is C25H18BrClN2O2. The first-order chi connectivity index (χ1) is 15.1. The van der Waals surface area contributed by atoms with Crippen LogP contribution in [0.5, 0.6) is 5.75 Å². The van der Waals surface area contributed by atoms with Crippen LogP contribution >= 0.6 is 27.5 Å². The van der Waals surface area contributed by atoms with E-state index >= 15 is 0 Å². The van der Waals surface area contributed by atoms with Crippen molar-refractivity contribution < 1.29 is 9.53 Å². The highest BCUT2D eigenvalue weighted by Crippen LogP contribution is 2.27. The van der Waals surface area contributed by atoms with Crippen molar-refractivity contribution in [2.45, 2.75) is 6.61 Å². The van der Waals surface area contributed by atoms with Crippen LogP contribution in [-0.2, 0) is 6.61 Å². The number of hydrazone groups is 1. The summed E-state index contributed by atoms with van der Waals surface area (Å²) in [5, 5.41) is 6.89. The molecule has 0 saturated heterocycles. The van der Waals surface area contributed by atoms with Crippen LogP contribution < -0.4 is 10.2 Å². The number of hydrogen-bond acceptors (Lipinski definition) is 3. The van der Waals surface area contributed by atoms with Gasteiger partial charge in [-0.3, -0.25) is 4.79 Å². The first-order valence-corrected chi connectivity index (χ1v) is 10.8. The fraction of sp³-hybridized carbons (Fsp3) is 0.0400. The second-order valence-corrected chi connectivity index (χ2v) is 8.12. The highest BCUT2D eigenvalue weighted by atomic mass is 79.9. The molecule has 4 rings (SSSR count). The van der Waals surface area contributed by atoms with Gasteiger partial charge in [0, 0.05) is 10.6 Å². The average molecular weight is 494 g/mol. The van der Waals surface area contributed by atoms with E-state index in [9.17, 15) is 4.79 Å². The van der Waals surface area contributed by atoms with Crippen molar-refractivity contribution in [3.05, 3.63) is 111 Å². The molecule has 0 aliphatic carbocycles. The first-order valence-electron chi connectivity index (χ1n) is 9.58. The van der Waals surface area contributed by atoms with Crippen LogP contribution in [0, 0.1) is 0 Å². The van der Waals surface area contributed by atoms with E-state index in [0.717, 1.165) is 21.3 Å². The molecule has 0 aliphatic rings. The summed E-state index contributed by atoms with van der Waals surface area (Å²) in [5.41, 5.74) is 4.88. The van der Waals surface area contributed by atoms with Crippen molar-refractivity contribution >= 4 is 50.4 Å². The standard InChI is InChI=1S/C25H18BrClN2O2/c26-23-13-17(15-28-29-25(30)19-7-4-9-21(27)14-19)11-12-24(23)31-16-20-8-3-6-18-5-1-2-10-22(18)20/h1-15H,16H2,(H,29,30)/b28-15+. The van der Waals surface area contributed by atoms with Crippen LogP contribution in [0.15, 0.2) is 94.5 Å². The molecule has 4 aromatic carbocycles. The lowest BCUT2D eigenvalue weighted by Crippen LogP contribution is -2.17. The van der Waals surface area contributed by atoms with Gasteiger partial charge < -0.3 is 4.74 Å². The second-order valence-electron chi connectivity index (χ2n) is 6.83. The molecule has 154 valence electrons. The van der Waals surface area contributed by atoms with Crippen LogP contribution in [0.1, 0.15) is 21.5 Å². The van der Waals surface area contributed by atoms with Gasteiger partial charge in [-0.1, -0.05) is 60.1 Å². The van der Waals surface area contributed by atoms with Gasteiger partial charge in [0.05, 0.1) is 10.7 Å². The van der Waals surface area contributed by atoms with E-state index in [1.807, 2.05) is 36.4 Å². The monoisotopic (exact) mass is 492 g/mol. The SMILES string of the molecule is O=C(N/N=C/c1ccc(OCc2cccc3ccccc23)c(Br)c1)c1cccc(Cl)c1. The summed E-state index contributed by atoms with van der Waals surface area (Å²) in [6.45, 7) is 0.461. The Morgan fingerprint density at radius 1 is 1.00 bits per heavy atom. The molecule has 0 unspecified atom stereocenters. The smallest absolute Gasteiger partial charge is 0.271 e. The van der Waals surface area contributed by atoms with Crippen molar-refractivity contribution in [2.24, 2.45) is 5.10 Å². The summed E-state index contributed by atoms with van der Waals surface area (Å²) in [4.78, 5) is 12.1. The van der Waals surface area contributed by atoms with Crippen molar-refractivity contribution in [1.29, 1.82) is 0 Å². The van der Waals surface area contributed by atoms with Crippen LogP contribution in [0.25, 0.3) is 10.8 Å². The lowest BCUT2D eigenvalue weighted by atomic mass is 10.1. The molecule has 0 aromatic heterocycles. The highest BCUT2D eigenvalue weighted by molar-refractivity contribution is 9.10. The van der Waals surface area contributed by atoms with E-state index in [4.69, 9.17) is 16.3 Å². The number of nitrogens with zero attached hydrogens (tertiary/aromatic N) is 1.